The molecule has 0 radical (unpaired) electrons. The highest BCUT2D eigenvalue weighted by molar-refractivity contribution is 4.62. The van der Waals surface area contributed by atoms with Crippen molar-refractivity contribution in [1.82, 2.24) is 5.43 Å². The van der Waals surface area contributed by atoms with Crippen LogP contribution in [0.5, 0.6) is 0 Å². The average molecular weight is 204 g/mol. The molecule has 0 aliphatic rings. The standard InChI is InChI=1S/C10H24N2O2/c1-3-4-5-6-10(12-11)9-14-8-7-13-2/h10,12H,3-9,11H2,1-2H3. The Kier molecular flexibility index (Phi) is 10.8. The van der Waals surface area contributed by atoms with Gasteiger partial charge < -0.3 is 9.47 Å². The topological polar surface area (TPSA) is 56.5 Å². The molecule has 0 aliphatic heterocycles. The van der Waals surface area contributed by atoms with E-state index in [0.29, 0.717) is 19.8 Å². The molecule has 0 saturated carbocycles. The monoisotopic (exact) mass is 204 g/mol. The van der Waals surface area contributed by atoms with Crippen LogP contribution in [0.2, 0.25) is 0 Å². The van der Waals surface area contributed by atoms with Crippen LogP contribution in [0.4, 0.5) is 0 Å². The predicted molar refractivity (Wildman–Crippen MR) is 57.9 cm³/mol. The Morgan fingerprint density at radius 3 is 2.64 bits per heavy atom. The van der Waals surface area contributed by atoms with Gasteiger partial charge in [-0.15, -0.1) is 0 Å². The molecule has 0 aromatic rings. The SMILES string of the molecule is CCCCCC(COCCOC)NN. The molecule has 3 N–H and O–H groups in total. The second kappa shape index (κ2) is 10.9. The van der Waals surface area contributed by atoms with Crippen molar-refractivity contribution < 1.29 is 9.47 Å². The van der Waals surface area contributed by atoms with Crippen LogP contribution in [0.1, 0.15) is 32.6 Å². The van der Waals surface area contributed by atoms with E-state index in [1.807, 2.05) is 0 Å². The van der Waals surface area contributed by atoms with E-state index in [1.165, 1.54) is 19.3 Å². The Morgan fingerprint density at radius 1 is 1.29 bits per heavy atom. The van der Waals surface area contributed by atoms with Crippen LogP contribution in [0.25, 0.3) is 0 Å². The van der Waals surface area contributed by atoms with Gasteiger partial charge in [0.2, 0.25) is 0 Å². The van der Waals surface area contributed by atoms with Crippen LogP contribution in [0, 0.1) is 0 Å². The maximum atomic E-state index is 5.41. The van der Waals surface area contributed by atoms with E-state index < -0.39 is 0 Å². The zero-order valence-electron chi connectivity index (χ0n) is 9.42. The molecule has 0 aliphatic carbocycles. The first-order valence-corrected chi connectivity index (χ1v) is 5.38. The third-order valence-corrected chi connectivity index (χ3v) is 2.14. The van der Waals surface area contributed by atoms with Crippen LogP contribution in [-0.4, -0.2) is 33.0 Å². The van der Waals surface area contributed by atoms with Crippen molar-refractivity contribution in [1.29, 1.82) is 0 Å². The van der Waals surface area contributed by atoms with Crippen LogP contribution in [-0.2, 0) is 9.47 Å². The van der Waals surface area contributed by atoms with Crippen molar-refractivity contribution in [2.45, 2.75) is 38.6 Å². The summed E-state index contributed by atoms with van der Waals surface area (Å²) in [4.78, 5) is 0. The van der Waals surface area contributed by atoms with E-state index in [1.54, 1.807) is 7.11 Å². The third-order valence-electron chi connectivity index (χ3n) is 2.14. The van der Waals surface area contributed by atoms with E-state index in [9.17, 15) is 0 Å². The maximum Gasteiger partial charge on any atom is 0.0701 e. The van der Waals surface area contributed by atoms with E-state index >= 15 is 0 Å². The average Bonchev–Trinajstić information content (AvgIpc) is 2.22. The molecule has 0 aromatic heterocycles. The Hall–Kier alpha value is -0.160. The molecule has 4 heteroatoms. The molecule has 0 bridgehead atoms. The molecule has 14 heavy (non-hydrogen) atoms. The van der Waals surface area contributed by atoms with Crippen LogP contribution >= 0.6 is 0 Å². The minimum atomic E-state index is 0.276. The fourth-order valence-electron chi connectivity index (χ4n) is 1.22. The number of hydrogen-bond acceptors (Lipinski definition) is 4. The van der Waals surface area contributed by atoms with Gasteiger partial charge in [-0.25, -0.2) is 0 Å². The van der Waals surface area contributed by atoms with Gasteiger partial charge >= 0.3 is 0 Å². The lowest BCUT2D eigenvalue weighted by molar-refractivity contribution is 0.0571. The van der Waals surface area contributed by atoms with E-state index in [2.05, 4.69) is 12.3 Å². The quantitative estimate of drug-likeness (QED) is 0.317. The van der Waals surface area contributed by atoms with E-state index in [0.717, 1.165) is 6.42 Å². The van der Waals surface area contributed by atoms with Gasteiger partial charge in [0.1, 0.15) is 0 Å². The highest BCUT2D eigenvalue weighted by Gasteiger charge is 2.05. The lowest BCUT2D eigenvalue weighted by Crippen LogP contribution is -2.38. The molecule has 0 fully saturated rings. The molecule has 0 heterocycles. The molecular weight excluding hydrogens is 180 g/mol. The van der Waals surface area contributed by atoms with Crippen molar-refractivity contribution in [3.63, 3.8) is 0 Å². The highest BCUT2D eigenvalue weighted by atomic mass is 16.5. The van der Waals surface area contributed by atoms with Crippen molar-refractivity contribution in [3.8, 4) is 0 Å². The largest absolute Gasteiger partial charge is 0.382 e. The number of unbranched alkanes of at least 4 members (excludes halogenated alkanes) is 2. The molecule has 0 rings (SSSR count). The lowest BCUT2D eigenvalue weighted by atomic mass is 10.1. The summed E-state index contributed by atoms with van der Waals surface area (Å²) in [5.41, 5.74) is 2.77. The van der Waals surface area contributed by atoms with Gasteiger partial charge in [-0.3, -0.25) is 11.3 Å². The Bertz CT molecular complexity index is 112. The predicted octanol–water partition coefficient (Wildman–Crippen LogP) is 1.06. The summed E-state index contributed by atoms with van der Waals surface area (Å²) < 4.78 is 10.3. The molecular formula is C10H24N2O2. The Morgan fingerprint density at radius 2 is 2.07 bits per heavy atom. The van der Waals surface area contributed by atoms with Crippen molar-refractivity contribution in [2.75, 3.05) is 26.9 Å². The first-order chi connectivity index (χ1) is 6.85. The number of hydrazine groups is 1. The number of nitrogens with one attached hydrogen (secondary N) is 1. The van der Waals surface area contributed by atoms with Crippen LogP contribution in [0.3, 0.4) is 0 Å². The molecule has 0 aromatic carbocycles. The van der Waals surface area contributed by atoms with Crippen LogP contribution < -0.4 is 11.3 Å². The number of nitrogens with two attached hydrogens (primary N) is 1. The second-order valence-corrected chi connectivity index (χ2v) is 3.43. The number of methoxy groups -OCH3 is 1. The fraction of sp³-hybridized carbons (Fsp3) is 1.00. The number of hydrogen-bond donors (Lipinski definition) is 2. The minimum Gasteiger partial charge on any atom is -0.382 e. The molecule has 4 nitrogen and oxygen atoms in total. The third kappa shape index (κ3) is 8.44. The molecule has 0 amide bonds. The summed E-state index contributed by atoms with van der Waals surface area (Å²) >= 11 is 0. The highest BCUT2D eigenvalue weighted by Crippen LogP contribution is 2.03. The van der Waals surface area contributed by atoms with Gasteiger partial charge in [-0.05, 0) is 6.42 Å². The molecule has 1 atom stereocenters. The Balaban J connectivity index is 3.28. The van der Waals surface area contributed by atoms with Gasteiger partial charge in [0, 0.05) is 13.2 Å². The normalized spacial score (nSPS) is 13.1. The second-order valence-electron chi connectivity index (χ2n) is 3.43. The van der Waals surface area contributed by atoms with Gasteiger partial charge in [-0.1, -0.05) is 26.2 Å². The minimum absolute atomic E-state index is 0.276. The summed E-state index contributed by atoms with van der Waals surface area (Å²) in [7, 11) is 1.67. The number of ether oxygens (including phenoxy) is 2. The summed E-state index contributed by atoms with van der Waals surface area (Å²) in [5.74, 6) is 5.41. The fourth-order valence-corrected chi connectivity index (χ4v) is 1.22. The zero-order chi connectivity index (χ0) is 10.6. The lowest BCUT2D eigenvalue weighted by Gasteiger charge is -2.15. The first-order valence-electron chi connectivity index (χ1n) is 5.38. The maximum absolute atomic E-state index is 5.41. The van der Waals surface area contributed by atoms with Gasteiger partial charge in [-0.2, -0.15) is 0 Å². The molecule has 0 spiro atoms. The molecule has 0 saturated heterocycles. The van der Waals surface area contributed by atoms with Gasteiger partial charge in [0.15, 0.2) is 0 Å². The first kappa shape index (κ1) is 13.8. The van der Waals surface area contributed by atoms with Crippen molar-refractivity contribution >= 4 is 0 Å². The van der Waals surface area contributed by atoms with Crippen molar-refractivity contribution in [3.05, 3.63) is 0 Å². The summed E-state index contributed by atoms with van der Waals surface area (Å²) in [6.45, 7) is 4.15. The van der Waals surface area contributed by atoms with E-state index in [-0.39, 0.29) is 6.04 Å². The van der Waals surface area contributed by atoms with Crippen molar-refractivity contribution in [2.24, 2.45) is 5.84 Å². The smallest absolute Gasteiger partial charge is 0.0701 e. The number of rotatable bonds is 10. The molecule has 86 valence electrons. The summed E-state index contributed by atoms with van der Waals surface area (Å²) in [5, 5.41) is 0. The summed E-state index contributed by atoms with van der Waals surface area (Å²) in [6.07, 6.45) is 4.79. The summed E-state index contributed by atoms with van der Waals surface area (Å²) in [6, 6.07) is 0.276. The van der Waals surface area contributed by atoms with Crippen LogP contribution in [0.15, 0.2) is 0 Å². The van der Waals surface area contributed by atoms with E-state index in [4.69, 9.17) is 15.3 Å². The van der Waals surface area contributed by atoms with Gasteiger partial charge in [0.05, 0.1) is 19.8 Å². The molecule has 1 unspecified atom stereocenters. The Labute approximate surface area is 87.1 Å². The zero-order valence-corrected chi connectivity index (χ0v) is 9.42. The van der Waals surface area contributed by atoms with Gasteiger partial charge in [0.25, 0.3) is 0 Å².